The topological polar surface area (TPSA) is 53.9 Å². The third-order valence-corrected chi connectivity index (χ3v) is 2.82. The van der Waals surface area contributed by atoms with E-state index in [2.05, 4.69) is 15.3 Å². The molecule has 2 aromatic rings. The highest BCUT2D eigenvalue weighted by Gasteiger charge is 2.03. The van der Waals surface area contributed by atoms with Gasteiger partial charge in [0.25, 0.3) is 0 Å². The molecule has 4 nitrogen and oxygen atoms in total. The Morgan fingerprint density at radius 3 is 3.07 bits per heavy atom. The summed E-state index contributed by atoms with van der Waals surface area (Å²) in [5, 5.41) is 3.97. The highest BCUT2D eigenvalue weighted by Crippen LogP contribution is 2.20. The van der Waals surface area contributed by atoms with Gasteiger partial charge in [0.1, 0.15) is 11.5 Å². The van der Waals surface area contributed by atoms with Crippen LogP contribution < -0.4 is 5.32 Å². The first-order valence-electron chi connectivity index (χ1n) is 4.73. The van der Waals surface area contributed by atoms with Crippen molar-refractivity contribution in [2.45, 2.75) is 17.5 Å². The number of nitrogens with zero attached hydrogens (tertiary/aromatic N) is 1. The normalized spacial score (nSPS) is 10.7. The van der Waals surface area contributed by atoms with Gasteiger partial charge < -0.3 is 14.7 Å². The standard InChI is InChI=1S/C10H13N3OS/c1-11-6-8-2-3-9(14-8)7-15-10-12-4-5-13-10/h2-5,11H,6-7H2,1H3,(H,12,13). The lowest BCUT2D eigenvalue weighted by atomic mass is 10.4. The van der Waals surface area contributed by atoms with Crippen molar-refractivity contribution in [1.82, 2.24) is 15.3 Å². The van der Waals surface area contributed by atoms with E-state index in [0.29, 0.717) is 0 Å². The second-order valence-electron chi connectivity index (χ2n) is 3.08. The number of hydrogen-bond acceptors (Lipinski definition) is 4. The van der Waals surface area contributed by atoms with E-state index in [4.69, 9.17) is 4.42 Å². The lowest BCUT2D eigenvalue weighted by Crippen LogP contribution is -2.03. The van der Waals surface area contributed by atoms with E-state index < -0.39 is 0 Å². The molecular formula is C10H13N3OS. The van der Waals surface area contributed by atoms with Crippen LogP contribution in [0.15, 0.2) is 34.1 Å². The smallest absolute Gasteiger partial charge is 0.165 e. The van der Waals surface area contributed by atoms with Gasteiger partial charge in [-0.1, -0.05) is 11.8 Å². The van der Waals surface area contributed by atoms with Crippen LogP contribution in [0.1, 0.15) is 11.5 Å². The minimum absolute atomic E-state index is 0.769. The van der Waals surface area contributed by atoms with E-state index in [1.54, 1.807) is 18.0 Å². The van der Waals surface area contributed by atoms with Gasteiger partial charge in [-0.2, -0.15) is 0 Å². The molecule has 0 unspecified atom stereocenters. The number of nitrogens with one attached hydrogen (secondary N) is 2. The molecule has 0 aromatic carbocycles. The molecule has 15 heavy (non-hydrogen) atoms. The van der Waals surface area contributed by atoms with Crippen LogP contribution in [0.3, 0.4) is 0 Å². The first-order valence-corrected chi connectivity index (χ1v) is 5.71. The fourth-order valence-corrected chi connectivity index (χ4v) is 1.96. The Labute approximate surface area is 92.5 Å². The highest BCUT2D eigenvalue weighted by molar-refractivity contribution is 7.98. The SMILES string of the molecule is CNCc1ccc(CSc2ncc[nH]2)o1. The minimum atomic E-state index is 0.769. The number of aromatic nitrogens is 2. The predicted molar refractivity (Wildman–Crippen MR) is 59.6 cm³/mol. The van der Waals surface area contributed by atoms with E-state index in [1.165, 1.54) is 0 Å². The molecule has 2 aromatic heterocycles. The number of aromatic amines is 1. The fraction of sp³-hybridized carbons (Fsp3) is 0.300. The maximum atomic E-state index is 5.60. The van der Waals surface area contributed by atoms with Crippen molar-refractivity contribution in [3.63, 3.8) is 0 Å². The molecule has 2 heterocycles. The Morgan fingerprint density at radius 2 is 2.33 bits per heavy atom. The van der Waals surface area contributed by atoms with Gasteiger partial charge in [-0.15, -0.1) is 0 Å². The van der Waals surface area contributed by atoms with E-state index in [1.807, 2.05) is 25.4 Å². The summed E-state index contributed by atoms with van der Waals surface area (Å²) < 4.78 is 5.60. The molecule has 0 bridgehead atoms. The van der Waals surface area contributed by atoms with Crippen LogP contribution >= 0.6 is 11.8 Å². The van der Waals surface area contributed by atoms with Crippen LogP contribution in [0.2, 0.25) is 0 Å². The molecule has 0 saturated heterocycles. The first-order chi connectivity index (χ1) is 7.38. The Morgan fingerprint density at radius 1 is 1.47 bits per heavy atom. The summed E-state index contributed by atoms with van der Waals surface area (Å²) in [4.78, 5) is 7.17. The zero-order chi connectivity index (χ0) is 10.5. The number of thioether (sulfide) groups is 1. The Bertz CT molecular complexity index is 396. The summed E-state index contributed by atoms with van der Waals surface area (Å²) in [6, 6.07) is 4.00. The average molecular weight is 223 g/mol. The fourth-order valence-electron chi connectivity index (χ4n) is 1.24. The van der Waals surface area contributed by atoms with E-state index in [9.17, 15) is 0 Å². The molecule has 0 spiro atoms. The lowest BCUT2D eigenvalue weighted by molar-refractivity contribution is 0.469. The molecule has 0 saturated carbocycles. The van der Waals surface area contributed by atoms with Crippen molar-refractivity contribution in [2.75, 3.05) is 7.05 Å². The van der Waals surface area contributed by atoms with Gasteiger partial charge >= 0.3 is 0 Å². The molecule has 0 fully saturated rings. The van der Waals surface area contributed by atoms with Crippen molar-refractivity contribution in [1.29, 1.82) is 0 Å². The van der Waals surface area contributed by atoms with Crippen molar-refractivity contribution < 1.29 is 4.42 Å². The predicted octanol–water partition coefficient (Wildman–Crippen LogP) is 2.01. The van der Waals surface area contributed by atoms with Crippen LogP contribution in [0.4, 0.5) is 0 Å². The molecule has 0 amide bonds. The van der Waals surface area contributed by atoms with Gasteiger partial charge in [0.15, 0.2) is 5.16 Å². The van der Waals surface area contributed by atoms with E-state index >= 15 is 0 Å². The summed E-state index contributed by atoms with van der Waals surface area (Å²) in [7, 11) is 1.90. The number of rotatable bonds is 5. The number of imidazole rings is 1. The molecule has 0 aliphatic carbocycles. The molecule has 0 aliphatic heterocycles. The Kier molecular flexibility index (Phi) is 3.47. The molecule has 2 rings (SSSR count). The quantitative estimate of drug-likeness (QED) is 0.761. The molecule has 0 aliphatic rings. The second-order valence-corrected chi connectivity index (χ2v) is 4.05. The largest absolute Gasteiger partial charge is 0.464 e. The maximum Gasteiger partial charge on any atom is 0.165 e. The third kappa shape index (κ3) is 2.87. The summed E-state index contributed by atoms with van der Waals surface area (Å²) in [5.74, 6) is 2.74. The maximum absolute atomic E-state index is 5.60. The molecule has 0 atom stereocenters. The van der Waals surface area contributed by atoms with E-state index in [0.717, 1.165) is 29.0 Å². The summed E-state index contributed by atoms with van der Waals surface area (Å²) in [5.41, 5.74) is 0. The molecule has 80 valence electrons. The lowest BCUT2D eigenvalue weighted by Gasteiger charge is -1.95. The zero-order valence-electron chi connectivity index (χ0n) is 8.49. The highest BCUT2D eigenvalue weighted by atomic mass is 32.2. The summed E-state index contributed by atoms with van der Waals surface area (Å²) in [6.45, 7) is 0.769. The van der Waals surface area contributed by atoms with Crippen molar-refractivity contribution in [3.05, 3.63) is 36.0 Å². The molecule has 0 radical (unpaired) electrons. The number of furan rings is 1. The number of H-pyrrole nitrogens is 1. The minimum Gasteiger partial charge on any atom is -0.464 e. The molecule has 2 N–H and O–H groups in total. The van der Waals surface area contributed by atoms with Gasteiger partial charge in [0.2, 0.25) is 0 Å². The monoisotopic (exact) mass is 223 g/mol. The van der Waals surface area contributed by atoms with Gasteiger partial charge in [0.05, 0.1) is 12.3 Å². The molecular weight excluding hydrogens is 210 g/mol. The van der Waals surface area contributed by atoms with Gasteiger partial charge in [-0.25, -0.2) is 4.98 Å². The zero-order valence-corrected chi connectivity index (χ0v) is 9.30. The van der Waals surface area contributed by atoms with Gasteiger partial charge in [-0.05, 0) is 19.2 Å². The van der Waals surface area contributed by atoms with Gasteiger partial charge in [-0.3, -0.25) is 0 Å². The third-order valence-electron chi connectivity index (χ3n) is 1.89. The van der Waals surface area contributed by atoms with Crippen LogP contribution in [0.25, 0.3) is 0 Å². The van der Waals surface area contributed by atoms with Crippen LogP contribution in [0.5, 0.6) is 0 Å². The van der Waals surface area contributed by atoms with E-state index in [-0.39, 0.29) is 0 Å². The second kappa shape index (κ2) is 5.04. The van der Waals surface area contributed by atoms with Crippen LogP contribution in [-0.2, 0) is 12.3 Å². The summed E-state index contributed by atoms with van der Waals surface area (Å²) >= 11 is 1.63. The van der Waals surface area contributed by atoms with Crippen LogP contribution in [-0.4, -0.2) is 17.0 Å². The molecule has 5 heteroatoms. The van der Waals surface area contributed by atoms with Crippen molar-refractivity contribution in [3.8, 4) is 0 Å². The Hall–Kier alpha value is -1.20. The van der Waals surface area contributed by atoms with Crippen molar-refractivity contribution >= 4 is 11.8 Å². The number of hydrogen-bond donors (Lipinski definition) is 2. The van der Waals surface area contributed by atoms with Crippen molar-refractivity contribution in [2.24, 2.45) is 0 Å². The summed E-state index contributed by atoms with van der Waals surface area (Å²) in [6.07, 6.45) is 3.56. The van der Waals surface area contributed by atoms with Gasteiger partial charge in [0, 0.05) is 12.4 Å². The average Bonchev–Trinajstić information content (AvgIpc) is 2.85. The Balaban J connectivity index is 1.88. The van der Waals surface area contributed by atoms with Crippen LogP contribution in [0, 0.1) is 0 Å². The first kappa shape index (κ1) is 10.3.